The maximum atomic E-state index is 12.1. The predicted octanol–water partition coefficient (Wildman–Crippen LogP) is 4.37. The largest absolute Gasteiger partial charge is 0.460 e. The van der Waals surface area contributed by atoms with E-state index in [-0.39, 0.29) is 5.97 Å². The van der Waals surface area contributed by atoms with Crippen molar-refractivity contribution in [2.75, 3.05) is 0 Å². The van der Waals surface area contributed by atoms with E-state index in [2.05, 4.69) is 46.8 Å². The maximum absolute atomic E-state index is 12.1. The first-order chi connectivity index (χ1) is 11.2. The summed E-state index contributed by atoms with van der Waals surface area (Å²) in [6, 6.07) is 6.46. The summed E-state index contributed by atoms with van der Waals surface area (Å²) in [5.41, 5.74) is 2.92. The topological polar surface area (TPSA) is 59.9 Å². The number of aromatic amines is 1. The highest BCUT2D eigenvalue weighted by Gasteiger charge is 2.18. The van der Waals surface area contributed by atoms with E-state index < -0.39 is 5.60 Å². The summed E-state index contributed by atoms with van der Waals surface area (Å²) in [4.78, 5) is 12.1. The lowest BCUT2D eigenvalue weighted by Crippen LogP contribution is -2.24. The first-order valence-corrected chi connectivity index (χ1v) is 8.43. The molecule has 3 aromatic rings. The Balaban J connectivity index is 1.95. The Morgan fingerprint density at radius 3 is 2.67 bits per heavy atom. The number of nitrogens with one attached hydrogen (secondary N) is 1. The Hall–Kier alpha value is -2.30. The molecule has 0 saturated heterocycles. The average molecular weight is 327 g/mol. The summed E-state index contributed by atoms with van der Waals surface area (Å²) in [7, 11) is 0. The van der Waals surface area contributed by atoms with Crippen LogP contribution < -0.4 is 0 Å². The molecule has 0 aliphatic carbocycles. The summed E-state index contributed by atoms with van der Waals surface area (Å²) in [5.74, 6) is 0.217. The van der Waals surface area contributed by atoms with Crippen LogP contribution in [0.3, 0.4) is 0 Å². The van der Waals surface area contributed by atoms with Gasteiger partial charge in [0, 0.05) is 23.0 Å². The maximum Gasteiger partial charge on any atom is 0.308 e. The summed E-state index contributed by atoms with van der Waals surface area (Å²) in [6.07, 6.45) is 2.20. The molecule has 0 spiro atoms. The Kier molecular flexibility index (Phi) is 4.11. The van der Waals surface area contributed by atoms with Crippen molar-refractivity contribution < 1.29 is 9.53 Å². The summed E-state index contributed by atoms with van der Waals surface area (Å²) < 4.78 is 7.66. The van der Waals surface area contributed by atoms with Gasteiger partial charge in [0.2, 0.25) is 0 Å². The highest BCUT2D eigenvalue weighted by molar-refractivity contribution is 5.95. The van der Waals surface area contributed by atoms with Crippen LogP contribution >= 0.6 is 0 Å². The Labute approximate surface area is 142 Å². The van der Waals surface area contributed by atoms with Gasteiger partial charge in [-0.1, -0.05) is 13.8 Å². The third-order valence-corrected chi connectivity index (χ3v) is 4.04. The second-order valence-corrected chi connectivity index (χ2v) is 7.58. The van der Waals surface area contributed by atoms with Gasteiger partial charge in [-0.15, -0.1) is 0 Å². The number of hydrogen-bond acceptors (Lipinski definition) is 3. The molecule has 1 N–H and O–H groups in total. The molecule has 3 rings (SSSR count). The van der Waals surface area contributed by atoms with Gasteiger partial charge in [0.15, 0.2) is 0 Å². The van der Waals surface area contributed by atoms with Gasteiger partial charge in [0.1, 0.15) is 5.60 Å². The van der Waals surface area contributed by atoms with E-state index in [4.69, 9.17) is 4.74 Å². The number of aromatic nitrogens is 3. The lowest BCUT2D eigenvalue weighted by Gasteiger charge is -2.20. The molecule has 0 unspecified atom stereocenters. The lowest BCUT2D eigenvalue weighted by molar-refractivity contribution is -0.155. The van der Waals surface area contributed by atoms with E-state index in [1.54, 1.807) is 0 Å². The fourth-order valence-electron chi connectivity index (χ4n) is 3.05. The van der Waals surface area contributed by atoms with Crippen molar-refractivity contribution in [3.05, 3.63) is 30.1 Å². The van der Waals surface area contributed by atoms with Crippen LogP contribution in [0.25, 0.3) is 21.8 Å². The molecule has 5 nitrogen and oxygen atoms in total. The van der Waals surface area contributed by atoms with E-state index >= 15 is 0 Å². The molecule has 0 bridgehead atoms. The normalized spacial score (nSPS) is 12.4. The van der Waals surface area contributed by atoms with E-state index in [1.807, 2.05) is 27.0 Å². The molecule has 0 saturated carbocycles. The fourth-order valence-corrected chi connectivity index (χ4v) is 3.05. The van der Waals surface area contributed by atoms with E-state index in [0.29, 0.717) is 18.9 Å². The van der Waals surface area contributed by atoms with Gasteiger partial charge in [-0.25, -0.2) is 0 Å². The third-order valence-electron chi connectivity index (χ3n) is 4.04. The summed E-state index contributed by atoms with van der Waals surface area (Å²) in [5, 5.41) is 9.39. The highest BCUT2D eigenvalue weighted by Crippen LogP contribution is 2.29. The third kappa shape index (κ3) is 3.30. The number of rotatable bonds is 4. The molecular formula is C19H25N3O2. The first-order valence-electron chi connectivity index (χ1n) is 8.43. The number of carbonyl (C=O) groups is 1. The summed E-state index contributed by atoms with van der Waals surface area (Å²) >= 11 is 0. The average Bonchev–Trinajstić information content (AvgIpc) is 3.04. The van der Waals surface area contributed by atoms with Crippen LogP contribution in [0.4, 0.5) is 0 Å². The standard InChI is InChI=1S/C19H25N3O2/c1-12(2)16-9-13-8-14-11-20-21-15(14)10-17(13)22(16)7-6-18(23)24-19(3,4)5/h8-12H,6-7H2,1-5H3,(H,20,21). The van der Waals surface area contributed by atoms with Gasteiger partial charge < -0.3 is 9.30 Å². The number of nitrogens with zero attached hydrogens (tertiary/aromatic N) is 2. The number of ether oxygens (including phenoxy) is 1. The van der Waals surface area contributed by atoms with Crippen molar-refractivity contribution in [1.29, 1.82) is 0 Å². The minimum atomic E-state index is -0.446. The van der Waals surface area contributed by atoms with Crippen LogP contribution in [-0.4, -0.2) is 26.3 Å². The van der Waals surface area contributed by atoms with Crippen molar-refractivity contribution in [3.63, 3.8) is 0 Å². The lowest BCUT2D eigenvalue weighted by atomic mass is 10.1. The van der Waals surface area contributed by atoms with Crippen LogP contribution in [0.15, 0.2) is 24.4 Å². The second kappa shape index (κ2) is 5.96. The van der Waals surface area contributed by atoms with Crippen molar-refractivity contribution in [2.45, 2.75) is 59.1 Å². The molecule has 0 atom stereocenters. The highest BCUT2D eigenvalue weighted by atomic mass is 16.6. The molecular weight excluding hydrogens is 302 g/mol. The Morgan fingerprint density at radius 1 is 1.25 bits per heavy atom. The van der Waals surface area contributed by atoms with Gasteiger partial charge in [0.05, 0.1) is 23.7 Å². The van der Waals surface area contributed by atoms with Crippen LogP contribution in [0.2, 0.25) is 0 Å². The molecule has 1 aromatic carbocycles. The van der Waals surface area contributed by atoms with E-state index in [0.717, 1.165) is 16.4 Å². The minimum absolute atomic E-state index is 0.165. The van der Waals surface area contributed by atoms with Crippen LogP contribution in [0, 0.1) is 0 Å². The van der Waals surface area contributed by atoms with Gasteiger partial charge in [0.25, 0.3) is 0 Å². The monoisotopic (exact) mass is 327 g/mol. The predicted molar refractivity (Wildman–Crippen MR) is 96.1 cm³/mol. The number of benzene rings is 1. The summed E-state index contributed by atoms with van der Waals surface area (Å²) in [6.45, 7) is 10.6. The number of aryl methyl sites for hydroxylation is 1. The molecule has 128 valence electrons. The zero-order chi connectivity index (χ0) is 17.5. The van der Waals surface area contributed by atoms with Crippen molar-refractivity contribution in [3.8, 4) is 0 Å². The molecule has 24 heavy (non-hydrogen) atoms. The number of carbonyl (C=O) groups excluding carboxylic acids is 1. The van der Waals surface area contributed by atoms with Gasteiger partial charge in [-0.2, -0.15) is 5.10 Å². The first kappa shape index (κ1) is 16.6. The van der Waals surface area contributed by atoms with Crippen molar-refractivity contribution >= 4 is 27.8 Å². The van der Waals surface area contributed by atoms with Gasteiger partial charge in [-0.3, -0.25) is 9.89 Å². The number of H-pyrrole nitrogens is 1. The molecule has 0 fully saturated rings. The zero-order valence-electron chi connectivity index (χ0n) is 15.0. The quantitative estimate of drug-likeness (QED) is 0.724. The molecule has 5 heteroatoms. The van der Waals surface area contributed by atoms with Crippen LogP contribution in [0.1, 0.15) is 52.7 Å². The SMILES string of the molecule is CC(C)c1cc2cc3cn[nH]c3cc2n1CCC(=O)OC(C)(C)C. The van der Waals surface area contributed by atoms with Crippen LogP contribution in [0.5, 0.6) is 0 Å². The molecule has 2 aromatic heterocycles. The Bertz CT molecular complexity index is 881. The molecule has 0 amide bonds. The van der Waals surface area contributed by atoms with Crippen molar-refractivity contribution in [2.24, 2.45) is 0 Å². The zero-order valence-corrected chi connectivity index (χ0v) is 15.0. The number of esters is 1. The van der Waals surface area contributed by atoms with E-state index in [1.165, 1.54) is 11.1 Å². The Morgan fingerprint density at radius 2 is 2.00 bits per heavy atom. The second-order valence-electron chi connectivity index (χ2n) is 7.58. The molecule has 0 aliphatic rings. The minimum Gasteiger partial charge on any atom is -0.460 e. The smallest absolute Gasteiger partial charge is 0.308 e. The molecule has 2 heterocycles. The van der Waals surface area contributed by atoms with Crippen LogP contribution in [-0.2, 0) is 16.1 Å². The number of hydrogen-bond donors (Lipinski definition) is 1. The molecule has 0 radical (unpaired) electrons. The van der Waals surface area contributed by atoms with Crippen molar-refractivity contribution in [1.82, 2.24) is 14.8 Å². The number of fused-ring (bicyclic) bond motifs is 2. The molecule has 0 aliphatic heterocycles. The van der Waals surface area contributed by atoms with E-state index in [9.17, 15) is 4.79 Å². The van der Waals surface area contributed by atoms with Gasteiger partial charge >= 0.3 is 5.97 Å². The fraction of sp³-hybridized carbons (Fsp3) is 0.474. The van der Waals surface area contributed by atoms with Gasteiger partial charge in [-0.05, 0) is 44.9 Å².